The summed E-state index contributed by atoms with van der Waals surface area (Å²) in [5.41, 5.74) is 0.131. The Morgan fingerprint density at radius 3 is 2.23 bits per heavy atom. The zero-order valence-electron chi connectivity index (χ0n) is 19.9. The molecule has 0 amide bonds. The molecule has 12 heteroatoms. The van der Waals surface area contributed by atoms with Crippen molar-refractivity contribution in [2.75, 3.05) is 0 Å². The van der Waals surface area contributed by atoms with Crippen molar-refractivity contribution in [2.24, 2.45) is 0 Å². The van der Waals surface area contributed by atoms with Gasteiger partial charge >= 0.3 is 5.97 Å². The van der Waals surface area contributed by atoms with Gasteiger partial charge in [0.2, 0.25) is 5.43 Å². The maximum atomic E-state index is 13.3. The van der Waals surface area contributed by atoms with Crippen molar-refractivity contribution < 1.29 is 29.3 Å². The molecular formula is C28H15Cl5O7. The Hall–Kier alpha value is -2.75. The molecule has 1 saturated heterocycles. The zero-order valence-corrected chi connectivity index (χ0v) is 23.7. The first-order valence-corrected chi connectivity index (χ1v) is 13.6. The number of carbonyl (C=O) groups is 1. The highest BCUT2D eigenvalue weighted by molar-refractivity contribution is 6.54. The van der Waals surface area contributed by atoms with Gasteiger partial charge in [0, 0.05) is 33.0 Å². The lowest BCUT2D eigenvalue weighted by molar-refractivity contribution is 0.0698. The van der Waals surface area contributed by atoms with Crippen molar-refractivity contribution in [3.63, 3.8) is 0 Å². The van der Waals surface area contributed by atoms with Crippen molar-refractivity contribution in [3.8, 4) is 28.2 Å². The van der Waals surface area contributed by atoms with E-state index in [0.29, 0.717) is 28.1 Å². The van der Waals surface area contributed by atoms with E-state index in [0.717, 1.165) is 0 Å². The molecule has 204 valence electrons. The number of hydrogen-bond donors (Lipinski definition) is 3. The van der Waals surface area contributed by atoms with E-state index in [1.54, 1.807) is 24.3 Å². The molecule has 0 saturated carbocycles. The number of aromatic carboxylic acids is 1. The van der Waals surface area contributed by atoms with E-state index in [9.17, 15) is 24.9 Å². The standard InChI is InChI=1S/C28H15Cl5O7/c29-19-17(18(27(36)37)20(30)22(32)21(19)31)16-13-4-1-9-7-11(34)3-5-12(9)25(13)40-26-14(16)8-10(24(35)23(26)33)2-6-15-28(38)39-15/h1,3-5,7-8,15,28,34,38H,2,6H2,(H,36,37). The number of rotatable bonds is 5. The van der Waals surface area contributed by atoms with Gasteiger partial charge in [-0.05, 0) is 48.6 Å². The highest BCUT2D eigenvalue weighted by Gasteiger charge is 2.37. The molecule has 0 bridgehead atoms. The van der Waals surface area contributed by atoms with Crippen molar-refractivity contribution in [1.29, 1.82) is 0 Å². The summed E-state index contributed by atoms with van der Waals surface area (Å²) < 4.78 is 11.3. The molecule has 7 nitrogen and oxygen atoms in total. The molecule has 2 aliphatic heterocycles. The number of halogens is 5. The number of carboxylic acids is 1. The number of hydrogen-bond acceptors (Lipinski definition) is 6. The van der Waals surface area contributed by atoms with Gasteiger partial charge in [0.25, 0.3) is 0 Å². The van der Waals surface area contributed by atoms with Crippen molar-refractivity contribution >= 4 is 85.7 Å². The molecule has 2 unspecified atom stereocenters. The number of epoxide rings is 1. The lowest BCUT2D eigenvalue weighted by Gasteiger charge is -2.21. The lowest BCUT2D eigenvalue weighted by Crippen LogP contribution is -2.13. The molecule has 1 fully saturated rings. The number of ether oxygens (including phenoxy) is 1. The molecule has 3 N–H and O–H groups in total. The van der Waals surface area contributed by atoms with Crippen LogP contribution in [0.2, 0.25) is 25.1 Å². The second kappa shape index (κ2) is 9.96. The van der Waals surface area contributed by atoms with Gasteiger partial charge in [0.1, 0.15) is 22.5 Å². The predicted molar refractivity (Wildman–Crippen MR) is 155 cm³/mol. The molecule has 2 heterocycles. The fraction of sp³-hybridized carbons (Fsp3) is 0.143. The van der Waals surface area contributed by atoms with Gasteiger partial charge in [0.15, 0.2) is 12.1 Å². The van der Waals surface area contributed by atoms with Crippen LogP contribution in [-0.2, 0) is 11.2 Å². The van der Waals surface area contributed by atoms with Gasteiger partial charge in [-0.25, -0.2) is 4.79 Å². The molecule has 1 aliphatic carbocycles. The third-order valence-electron chi connectivity index (χ3n) is 6.94. The maximum absolute atomic E-state index is 13.3. The Labute approximate surface area is 250 Å². The average Bonchev–Trinajstić information content (AvgIpc) is 3.63. The number of benzene rings is 4. The van der Waals surface area contributed by atoms with Crippen LogP contribution in [0.5, 0.6) is 5.75 Å². The number of fused-ring (bicyclic) bond motifs is 4. The first-order valence-electron chi connectivity index (χ1n) is 11.8. The second-order valence-electron chi connectivity index (χ2n) is 9.30. The van der Waals surface area contributed by atoms with Crippen molar-refractivity contribution in [2.45, 2.75) is 25.2 Å². The molecule has 2 atom stereocenters. The predicted octanol–water partition coefficient (Wildman–Crippen LogP) is 8.04. The van der Waals surface area contributed by atoms with E-state index in [2.05, 4.69) is 0 Å². The van der Waals surface area contributed by atoms with Gasteiger partial charge < -0.3 is 24.5 Å². The SMILES string of the molecule is O=C(O)c1c(Cl)c(Cl)c(Cl)c(Cl)c1-c1c2cc(CCC3OC3O)c(=O)c(Cl)c-2oc2c1ccc1cc(O)ccc12. The Balaban J connectivity index is 1.80. The molecule has 3 aromatic rings. The number of aryl methyl sites for hydroxylation is 1. The third-order valence-corrected chi connectivity index (χ3v) is 9.08. The van der Waals surface area contributed by atoms with E-state index in [4.69, 9.17) is 67.2 Å². The van der Waals surface area contributed by atoms with Gasteiger partial charge in [-0.1, -0.05) is 64.1 Å². The quantitative estimate of drug-likeness (QED) is 0.0585. The Morgan fingerprint density at radius 1 is 0.875 bits per heavy atom. The maximum Gasteiger partial charge on any atom is 0.337 e. The summed E-state index contributed by atoms with van der Waals surface area (Å²) in [6, 6.07) is 9.54. The number of aliphatic hydroxyl groups is 1. The van der Waals surface area contributed by atoms with E-state index in [1.807, 2.05) is 0 Å². The molecule has 0 radical (unpaired) electrons. The summed E-state index contributed by atoms with van der Waals surface area (Å²) in [4.78, 5) is 25.8. The summed E-state index contributed by atoms with van der Waals surface area (Å²) in [6.45, 7) is 0. The van der Waals surface area contributed by atoms with Gasteiger partial charge in [-0.15, -0.1) is 0 Å². The smallest absolute Gasteiger partial charge is 0.337 e. The number of phenolic OH excluding ortho intramolecular Hbond substituents is 1. The van der Waals surface area contributed by atoms with Crippen LogP contribution in [0.25, 0.3) is 44.2 Å². The minimum atomic E-state index is -1.42. The summed E-state index contributed by atoms with van der Waals surface area (Å²) in [6.07, 6.45) is -0.721. The van der Waals surface area contributed by atoms with Crippen LogP contribution in [0.1, 0.15) is 22.3 Å². The molecule has 6 rings (SSSR count). The Morgan fingerprint density at radius 2 is 1.55 bits per heavy atom. The van der Waals surface area contributed by atoms with E-state index in [-0.39, 0.29) is 65.3 Å². The number of aromatic hydroxyl groups is 1. The van der Waals surface area contributed by atoms with Crippen LogP contribution >= 0.6 is 58.0 Å². The third kappa shape index (κ3) is 4.28. The number of aliphatic hydroxyl groups excluding tert-OH is 1. The fourth-order valence-corrected chi connectivity index (χ4v) is 6.25. The molecule has 40 heavy (non-hydrogen) atoms. The van der Waals surface area contributed by atoms with Gasteiger partial charge in [-0.3, -0.25) is 4.79 Å². The first-order chi connectivity index (χ1) is 19.0. The van der Waals surface area contributed by atoms with Gasteiger partial charge in [0.05, 0.1) is 25.7 Å². The summed E-state index contributed by atoms with van der Waals surface area (Å²) >= 11 is 32.4. The van der Waals surface area contributed by atoms with E-state index >= 15 is 0 Å². The fourth-order valence-electron chi connectivity index (χ4n) is 4.96. The number of carboxylic acid groups (broad SMARTS) is 1. The first kappa shape index (κ1) is 27.4. The molecular weight excluding hydrogens is 626 g/mol. The van der Waals surface area contributed by atoms with E-state index < -0.39 is 29.4 Å². The Bertz CT molecular complexity index is 1930. The number of phenols is 1. The largest absolute Gasteiger partial charge is 0.508 e. The summed E-state index contributed by atoms with van der Waals surface area (Å²) in [5, 5.41) is 30.2. The highest BCUT2D eigenvalue weighted by atomic mass is 35.5. The average molecular weight is 641 g/mol. The van der Waals surface area contributed by atoms with Gasteiger partial charge in [-0.2, -0.15) is 0 Å². The zero-order chi connectivity index (χ0) is 28.6. The van der Waals surface area contributed by atoms with Crippen LogP contribution in [0.4, 0.5) is 0 Å². The van der Waals surface area contributed by atoms with Crippen LogP contribution < -0.4 is 5.43 Å². The summed E-state index contributed by atoms with van der Waals surface area (Å²) in [5.74, 6) is -1.41. The highest BCUT2D eigenvalue weighted by Crippen LogP contribution is 2.52. The molecule has 3 aromatic carbocycles. The van der Waals surface area contributed by atoms with Crippen LogP contribution in [-0.4, -0.2) is 33.7 Å². The minimum absolute atomic E-state index is 0.0178. The minimum Gasteiger partial charge on any atom is -0.508 e. The second-order valence-corrected chi connectivity index (χ2v) is 11.2. The molecule has 0 aromatic heterocycles. The topological polar surface area (TPSA) is 120 Å². The monoisotopic (exact) mass is 638 g/mol. The van der Waals surface area contributed by atoms with Crippen molar-refractivity contribution in [3.05, 3.63) is 82.9 Å². The van der Waals surface area contributed by atoms with Crippen molar-refractivity contribution in [1.82, 2.24) is 0 Å². The lowest BCUT2D eigenvalue weighted by atomic mass is 9.88. The molecule has 3 aliphatic rings. The van der Waals surface area contributed by atoms with E-state index in [1.165, 1.54) is 12.1 Å². The molecule has 0 spiro atoms. The Kier molecular flexibility index (Phi) is 6.83. The summed E-state index contributed by atoms with van der Waals surface area (Å²) in [7, 11) is 0. The normalized spacial score (nSPS) is 16.8. The van der Waals surface area contributed by atoms with Crippen LogP contribution in [0.15, 0.2) is 45.6 Å². The van der Waals surface area contributed by atoms with Crippen LogP contribution in [0.3, 0.4) is 0 Å². The van der Waals surface area contributed by atoms with Crippen LogP contribution in [0, 0.1) is 0 Å².